The summed E-state index contributed by atoms with van der Waals surface area (Å²) in [4.78, 5) is 12.2. The standard InChI is InChI=1S/C13H17ClN2O2/c1-13(5-7-18-8-6-13)16-12(17)11-9(14)3-2-4-10(11)15/h2-4H,5-8,15H2,1H3,(H,16,17). The molecule has 4 nitrogen and oxygen atoms in total. The quantitative estimate of drug-likeness (QED) is 0.809. The monoisotopic (exact) mass is 268 g/mol. The van der Waals surface area contributed by atoms with E-state index in [1.807, 2.05) is 6.92 Å². The lowest BCUT2D eigenvalue weighted by Gasteiger charge is -2.34. The topological polar surface area (TPSA) is 64.4 Å². The number of carbonyl (C=O) groups is 1. The first-order valence-electron chi connectivity index (χ1n) is 5.96. The fraction of sp³-hybridized carbons (Fsp3) is 0.462. The van der Waals surface area contributed by atoms with Gasteiger partial charge in [-0.25, -0.2) is 0 Å². The minimum absolute atomic E-state index is 0.220. The summed E-state index contributed by atoms with van der Waals surface area (Å²) in [6.45, 7) is 3.34. The molecule has 0 saturated carbocycles. The molecule has 1 aliphatic rings. The van der Waals surface area contributed by atoms with Crippen molar-refractivity contribution < 1.29 is 9.53 Å². The highest BCUT2D eigenvalue weighted by atomic mass is 35.5. The normalized spacial score (nSPS) is 18.3. The fourth-order valence-electron chi connectivity index (χ4n) is 2.06. The number of benzene rings is 1. The minimum atomic E-state index is -0.249. The number of rotatable bonds is 2. The van der Waals surface area contributed by atoms with Crippen LogP contribution in [-0.4, -0.2) is 24.7 Å². The van der Waals surface area contributed by atoms with Gasteiger partial charge in [-0.3, -0.25) is 4.79 Å². The van der Waals surface area contributed by atoms with Gasteiger partial charge in [0.15, 0.2) is 0 Å². The Labute approximate surface area is 111 Å². The Hall–Kier alpha value is -1.26. The number of anilines is 1. The van der Waals surface area contributed by atoms with Gasteiger partial charge in [-0.2, -0.15) is 0 Å². The average Bonchev–Trinajstić information content (AvgIpc) is 2.28. The predicted octanol–water partition coefficient (Wildman–Crippen LogP) is 2.22. The number of nitrogens with two attached hydrogens (primary N) is 1. The Kier molecular flexibility index (Phi) is 3.78. The molecule has 1 saturated heterocycles. The van der Waals surface area contributed by atoms with Gasteiger partial charge in [0.05, 0.1) is 10.6 Å². The summed E-state index contributed by atoms with van der Waals surface area (Å²) in [7, 11) is 0. The molecule has 5 heteroatoms. The van der Waals surface area contributed by atoms with E-state index in [0.29, 0.717) is 29.5 Å². The van der Waals surface area contributed by atoms with E-state index in [9.17, 15) is 4.79 Å². The van der Waals surface area contributed by atoms with Crippen LogP contribution in [0.3, 0.4) is 0 Å². The Morgan fingerprint density at radius 2 is 2.11 bits per heavy atom. The Morgan fingerprint density at radius 3 is 2.72 bits per heavy atom. The molecule has 0 radical (unpaired) electrons. The SMILES string of the molecule is CC1(NC(=O)c2c(N)cccc2Cl)CCOCC1. The first-order chi connectivity index (χ1) is 8.52. The first-order valence-corrected chi connectivity index (χ1v) is 6.34. The molecule has 2 rings (SSSR count). The van der Waals surface area contributed by atoms with Gasteiger partial charge in [-0.1, -0.05) is 17.7 Å². The molecule has 98 valence electrons. The van der Waals surface area contributed by atoms with Crippen LogP contribution in [-0.2, 0) is 4.74 Å². The second kappa shape index (κ2) is 5.16. The maximum atomic E-state index is 12.2. The molecule has 1 aromatic carbocycles. The zero-order valence-electron chi connectivity index (χ0n) is 10.3. The van der Waals surface area contributed by atoms with Crippen LogP contribution in [0.5, 0.6) is 0 Å². The third kappa shape index (κ3) is 2.76. The summed E-state index contributed by atoms with van der Waals surface area (Å²) in [5, 5.41) is 3.39. The van der Waals surface area contributed by atoms with Crippen molar-refractivity contribution >= 4 is 23.2 Å². The van der Waals surface area contributed by atoms with E-state index in [2.05, 4.69) is 5.32 Å². The molecular formula is C13H17ClN2O2. The van der Waals surface area contributed by atoms with Crippen LogP contribution in [0.25, 0.3) is 0 Å². The molecule has 0 spiro atoms. The molecule has 0 bridgehead atoms. The van der Waals surface area contributed by atoms with Crippen LogP contribution in [0.2, 0.25) is 5.02 Å². The smallest absolute Gasteiger partial charge is 0.255 e. The molecule has 1 aromatic rings. The van der Waals surface area contributed by atoms with E-state index in [0.717, 1.165) is 12.8 Å². The van der Waals surface area contributed by atoms with Crippen molar-refractivity contribution in [2.45, 2.75) is 25.3 Å². The Morgan fingerprint density at radius 1 is 1.44 bits per heavy atom. The molecule has 0 aliphatic carbocycles. The van der Waals surface area contributed by atoms with E-state index < -0.39 is 0 Å². The predicted molar refractivity (Wildman–Crippen MR) is 71.8 cm³/mol. The average molecular weight is 269 g/mol. The van der Waals surface area contributed by atoms with Gasteiger partial charge < -0.3 is 15.8 Å². The zero-order valence-corrected chi connectivity index (χ0v) is 11.1. The summed E-state index contributed by atoms with van der Waals surface area (Å²) in [5.41, 5.74) is 6.30. The lowest BCUT2D eigenvalue weighted by Crippen LogP contribution is -2.49. The number of ether oxygens (including phenoxy) is 1. The third-order valence-corrected chi connectivity index (χ3v) is 3.60. The van der Waals surface area contributed by atoms with Crippen LogP contribution in [0, 0.1) is 0 Å². The molecule has 0 aromatic heterocycles. The summed E-state index contributed by atoms with van der Waals surface area (Å²) >= 11 is 6.02. The van der Waals surface area contributed by atoms with Crippen LogP contribution in [0.1, 0.15) is 30.1 Å². The molecule has 0 unspecified atom stereocenters. The van der Waals surface area contributed by atoms with Crippen LogP contribution < -0.4 is 11.1 Å². The van der Waals surface area contributed by atoms with Gasteiger partial charge in [0.1, 0.15) is 0 Å². The van der Waals surface area contributed by atoms with Gasteiger partial charge in [-0.15, -0.1) is 0 Å². The lowest BCUT2D eigenvalue weighted by molar-refractivity contribution is 0.0423. The number of amides is 1. The van der Waals surface area contributed by atoms with Crippen molar-refractivity contribution in [3.05, 3.63) is 28.8 Å². The zero-order chi connectivity index (χ0) is 13.2. The lowest BCUT2D eigenvalue weighted by atomic mass is 9.92. The molecule has 0 atom stereocenters. The van der Waals surface area contributed by atoms with E-state index in [-0.39, 0.29) is 11.4 Å². The molecule has 1 fully saturated rings. The van der Waals surface area contributed by atoms with Gasteiger partial charge in [-0.05, 0) is 31.9 Å². The maximum Gasteiger partial charge on any atom is 0.255 e. The van der Waals surface area contributed by atoms with E-state index in [4.69, 9.17) is 22.1 Å². The number of hydrogen-bond acceptors (Lipinski definition) is 3. The van der Waals surface area contributed by atoms with Gasteiger partial charge in [0.2, 0.25) is 0 Å². The van der Waals surface area contributed by atoms with Crippen LogP contribution in [0.4, 0.5) is 5.69 Å². The minimum Gasteiger partial charge on any atom is -0.398 e. The van der Waals surface area contributed by atoms with E-state index in [1.165, 1.54) is 0 Å². The maximum absolute atomic E-state index is 12.2. The van der Waals surface area contributed by atoms with Crippen molar-refractivity contribution in [3.8, 4) is 0 Å². The largest absolute Gasteiger partial charge is 0.398 e. The molecule has 3 N–H and O–H groups in total. The number of hydrogen-bond donors (Lipinski definition) is 2. The molecule has 1 amide bonds. The summed E-state index contributed by atoms with van der Waals surface area (Å²) < 4.78 is 5.30. The number of carbonyl (C=O) groups excluding carboxylic acids is 1. The van der Waals surface area contributed by atoms with E-state index >= 15 is 0 Å². The van der Waals surface area contributed by atoms with Gasteiger partial charge in [0.25, 0.3) is 5.91 Å². The molecule has 18 heavy (non-hydrogen) atoms. The highest BCUT2D eigenvalue weighted by Crippen LogP contribution is 2.25. The second-order valence-electron chi connectivity index (χ2n) is 4.83. The first kappa shape index (κ1) is 13.2. The number of halogens is 1. The molecular weight excluding hydrogens is 252 g/mol. The highest BCUT2D eigenvalue weighted by Gasteiger charge is 2.30. The fourth-order valence-corrected chi connectivity index (χ4v) is 2.33. The Balaban J connectivity index is 2.17. The third-order valence-electron chi connectivity index (χ3n) is 3.28. The molecule has 1 aliphatic heterocycles. The summed E-state index contributed by atoms with van der Waals surface area (Å²) in [5.74, 6) is -0.220. The van der Waals surface area contributed by atoms with Crippen molar-refractivity contribution in [3.63, 3.8) is 0 Å². The van der Waals surface area contributed by atoms with Gasteiger partial charge in [0, 0.05) is 24.4 Å². The van der Waals surface area contributed by atoms with Crippen molar-refractivity contribution in [2.24, 2.45) is 0 Å². The second-order valence-corrected chi connectivity index (χ2v) is 5.24. The van der Waals surface area contributed by atoms with Crippen LogP contribution >= 0.6 is 11.6 Å². The van der Waals surface area contributed by atoms with Crippen molar-refractivity contribution in [1.82, 2.24) is 5.32 Å². The van der Waals surface area contributed by atoms with Crippen molar-refractivity contribution in [1.29, 1.82) is 0 Å². The van der Waals surface area contributed by atoms with Crippen LogP contribution in [0.15, 0.2) is 18.2 Å². The summed E-state index contributed by atoms with van der Waals surface area (Å²) in [6, 6.07) is 5.07. The number of nitrogen functional groups attached to an aromatic ring is 1. The summed E-state index contributed by atoms with van der Waals surface area (Å²) in [6.07, 6.45) is 1.59. The van der Waals surface area contributed by atoms with Gasteiger partial charge >= 0.3 is 0 Å². The van der Waals surface area contributed by atoms with E-state index in [1.54, 1.807) is 18.2 Å². The number of nitrogens with one attached hydrogen (secondary N) is 1. The Bertz CT molecular complexity index is 436. The highest BCUT2D eigenvalue weighted by molar-refractivity contribution is 6.34. The van der Waals surface area contributed by atoms with Crippen molar-refractivity contribution in [2.75, 3.05) is 18.9 Å². The molecule has 1 heterocycles.